The van der Waals surface area contributed by atoms with E-state index in [2.05, 4.69) is 15.6 Å². The molecule has 1 aromatic rings. The van der Waals surface area contributed by atoms with Gasteiger partial charge < -0.3 is 10.6 Å². The number of hydrogen-bond acceptors (Lipinski definition) is 3. The van der Waals surface area contributed by atoms with E-state index in [0.717, 1.165) is 18.9 Å². The van der Waals surface area contributed by atoms with Gasteiger partial charge in [0.1, 0.15) is 0 Å². The molecule has 1 aromatic heterocycles. The highest BCUT2D eigenvalue weighted by molar-refractivity contribution is 5.49. The van der Waals surface area contributed by atoms with Crippen molar-refractivity contribution in [2.45, 2.75) is 25.3 Å². The molecular formula is C10H13F2N3. The second-order valence-corrected chi connectivity index (χ2v) is 4.08. The van der Waals surface area contributed by atoms with E-state index in [1.165, 1.54) is 0 Å². The summed E-state index contributed by atoms with van der Waals surface area (Å²) in [6, 6.07) is 0.840. The molecule has 1 saturated carbocycles. The van der Waals surface area contributed by atoms with Crippen LogP contribution in [0, 0.1) is 11.6 Å². The minimum Gasteiger partial charge on any atom is -0.371 e. The molecule has 15 heavy (non-hydrogen) atoms. The summed E-state index contributed by atoms with van der Waals surface area (Å²) in [7, 11) is 1.55. The van der Waals surface area contributed by atoms with E-state index >= 15 is 0 Å². The molecule has 82 valence electrons. The Morgan fingerprint density at radius 3 is 2.40 bits per heavy atom. The summed E-state index contributed by atoms with van der Waals surface area (Å²) < 4.78 is 26.4. The summed E-state index contributed by atoms with van der Waals surface area (Å²) in [4.78, 5) is 3.84. The zero-order chi connectivity index (χ0) is 11.1. The van der Waals surface area contributed by atoms with E-state index in [1.807, 2.05) is 6.92 Å². The van der Waals surface area contributed by atoms with Gasteiger partial charge in [0.2, 0.25) is 0 Å². The van der Waals surface area contributed by atoms with Crippen LogP contribution in [0.1, 0.15) is 19.8 Å². The lowest BCUT2D eigenvalue weighted by Crippen LogP contribution is -2.18. The molecule has 1 aliphatic carbocycles. The fourth-order valence-corrected chi connectivity index (χ4v) is 1.33. The molecule has 2 rings (SSSR count). The zero-order valence-electron chi connectivity index (χ0n) is 8.69. The fraction of sp³-hybridized carbons (Fsp3) is 0.500. The molecule has 0 amide bonds. The molecule has 3 nitrogen and oxygen atoms in total. The lowest BCUT2D eigenvalue weighted by Gasteiger charge is -2.14. The first-order valence-corrected chi connectivity index (χ1v) is 4.86. The summed E-state index contributed by atoms with van der Waals surface area (Å²) in [5.41, 5.74) is -0.0727. The number of anilines is 2. The molecule has 1 fully saturated rings. The van der Waals surface area contributed by atoms with E-state index in [4.69, 9.17) is 0 Å². The Balaban J connectivity index is 2.29. The Morgan fingerprint density at radius 1 is 1.27 bits per heavy atom. The maximum atomic E-state index is 13.3. The Morgan fingerprint density at radius 2 is 1.87 bits per heavy atom. The largest absolute Gasteiger partial charge is 0.371 e. The molecular weight excluding hydrogens is 200 g/mol. The van der Waals surface area contributed by atoms with Crippen molar-refractivity contribution in [1.82, 2.24) is 4.98 Å². The topological polar surface area (TPSA) is 37.0 Å². The minimum atomic E-state index is -0.679. The number of pyridine rings is 1. The Labute approximate surface area is 86.9 Å². The van der Waals surface area contributed by atoms with Crippen molar-refractivity contribution < 1.29 is 8.78 Å². The van der Waals surface area contributed by atoms with E-state index in [0.29, 0.717) is 0 Å². The Bertz CT molecular complexity index is 388. The van der Waals surface area contributed by atoms with Crippen molar-refractivity contribution in [3.8, 4) is 0 Å². The van der Waals surface area contributed by atoms with Crippen molar-refractivity contribution in [2.24, 2.45) is 0 Å². The van der Waals surface area contributed by atoms with E-state index in [1.54, 1.807) is 7.05 Å². The number of halogens is 2. The first-order chi connectivity index (χ1) is 7.04. The van der Waals surface area contributed by atoms with Crippen LogP contribution in [0.15, 0.2) is 6.07 Å². The van der Waals surface area contributed by atoms with E-state index in [9.17, 15) is 8.78 Å². The SMILES string of the molecule is CNc1nc(NC2(C)CC2)c(F)cc1F. The predicted octanol–water partition coefficient (Wildman–Crippen LogP) is 2.37. The van der Waals surface area contributed by atoms with Gasteiger partial charge in [0.05, 0.1) is 0 Å². The molecule has 0 spiro atoms. The second kappa shape index (κ2) is 3.32. The molecule has 0 saturated heterocycles. The third-order valence-corrected chi connectivity index (χ3v) is 2.59. The molecule has 5 heteroatoms. The molecule has 0 aromatic carbocycles. The lowest BCUT2D eigenvalue weighted by molar-refractivity contribution is 0.576. The van der Waals surface area contributed by atoms with Crippen molar-refractivity contribution in [2.75, 3.05) is 17.7 Å². The average Bonchev–Trinajstić information content (AvgIpc) is 2.89. The quantitative estimate of drug-likeness (QED) is 0.809. The number of rotatable bonds is 3. The van der Waals surface area contributed by atoms with Crippen molar-refractivity contribution in [1.29, 1.82) is 0 Å². The van der Waals surface area contributed by atoms with Crippen LogP contribution in [0.3, 0.4) is 0 Å². The van der Waals surface area contributed by atoms with Crippen LogP contribution in [-0.2, 0) is 0 Å². The molecule has 0 bridgehead atoms. The summed E-state index contributed by atoms with van der Waals surface area (Å²) in [6.45, 7) is 1.98. The van der Waals surface area contributed by atoms with Gasteiger partial charge in [0.25, 0.3) is 0 Å². The Kier molecular flexibility index (Phi) is 2.25. The Hall–Kier alpha value is -1.39. The van der Waals surface area contributed by atoms with E-state index < -0.39 is 11.6 Å². The standard InChI is InChI=1S/C10H13F2N3/c1-10(3-4-10)15-9-7(12)5-6(11)8(13-2)14-9/h5H,3-4H2,1-2H3,(H2,13,14,15). The number of hydrogen-bond donors (Lipinski definition) is 2. The van der Waals surface area contributed by atoms with Crippen LogP contribution < -0.4 is 10.6 Å². The van der Waals surface area contributed by atoms with Crippen molar-refractivity contribution in [3.63, 3.8) is 0 Å². The second-order valence-electron chi connectivity index (χ2n) is 4.08. The first kappa shape index (κ1) is 10.1. The van der Waals surface area contributed by atoms with Gasteiger partial charge in [-0.25, -0.2) is 13.8 Å². The number of nitrogens with zero attached hydrogens (tertiary/aromatic N) is 1. The van der Waals surface area contributed by atoms with Gasteiger partial charge in [0, 0.05) is 18.7 Å². The minimum absolute atomic E-state index is 0.0585. The molecule has 1 aliphatic rings. The van der Waals surface area contributed by atoms with Gasteiger partial charge in [-0.15, -0.1) is 0 Å². The lowest BCUT2D eigenvalue weighted by atomic mass is 10.3. The molecule has 0 unspecified atom stereocenters. The molecule has 0 aliphatic heterocycles. The number of aromatic nitrogens is 1. The summed E-state index contributed by atoms with van der Waals surface area (Å²) in [6.07, 6.45) is 1.97. The predicted molar refractivity (Wildman–Crippen MR) is 55.0 cm³/mol. The third-order valence-electron chi connectivity index (χ3n) is 2.59. The molecule has 0 atom stereocenters. The van der Waals surface area contributed by atoms with Crippen molar-refractivity contribution >= 4 is 11.6 Å². The van der Waals surface area contributed by atoms with Crippen molar-refractivity contribution in [3.05, 3.63) is 17.7 Å². The fourth-order valence-electron chi connectivity index (χ4n) is 1.33. The van der Waals surface area contributed by atoms with E-state index in [-0.39, 0.29) is 17.2 Å². The van der Waals surface area contributed by atoms with Gasteiger partial charge >= 0.3 is 0 Å². The van der Waals surface area contributed by atoms with Crippen LogP contribution in [0.2, 0.25) is 0 Å². The van der Waals surface area contributed by atoms with Crippen LogP contribution in [0.25, 0.3) is 0 Å². The maximum absolute atomic E-state index is 13.3. The normalized spacial score (nSPS) is 17.3. The van der Waals surface area contributed by atoms with Gasteiger partial charge in [-0.05, 0) is 19.8 Å². The van der Waals surface area contributed by atoms with Crippen LogP contribution >= 0.6 is 0 Å². The van der Waals surface area contributed by atoms with Gasteiger partial charge in [-0.1, -0.05) is 0 Å². The highest BCUT2D eigenvalue weighted by Crippen LogP contribution is 2.38. The van der Waals surface area contributed by atoms with Gasteiger partial charge in [-0.3, -0.25) is 0 Å². The maximum Gasteiger partial charge on any atom is 0.168 e. The van der Waals surface area contributed by atoms with Gasteiger partial charge in [0.15, 0.2) is 23.3 Å². The van der Waals surface area contributed by atoms with Crippen LogP contribution in [0.5, 0.6) is 0 Å². The average molecular weight is 213 g/mol. The zero-order valence-corrected chi connectivity index (χ0v) is 8.69. The number of nitrogens with one attached hydrogen (secondary N) is 2. The first-order valence-electron chi connectivity index (χ1n) is 4.86. The highest BCUT2D eigenvalue weighted by atomic mass is 19.1. The molecule has 2 N–H and O–H groups in total. The van der Waals surface area contributed by atoms with Crippen LogP contribution in [-0.4, -0.2) is 17.6 Å². The summed E-state index contributed by atoms with van der Waals surface area (Å²) >= 11 is 0. The summed E-state index contributed by atoms with van der Waals surface area (Å²) in [5, 5.41) is 5.55. The monoisotopic (exact) mass is 213 g/mol. The molecule has 1 heterocycles. The summed E-state index contributed by atoms with van der Waals surface area (Å²) in [5.74, 6) is -1.16. The third kappa shape index (κ3) is 2.00. The molecule has 0 radical (unpaired) electrons. The van der Waals surface area contributed by atoms with Crippen LogP contribution in [0.4, 0.5) is 20.4 Å². The highest BCUT2D eigenvalue weighted by Gasteiger charge is 2.38. The van der Waals surface area contributed by atoms with Gasteiger partial charge in [-0.2, -0.15) is 0 Å². The smallest absolute Gasteiger partial charge is 0.168 e.